The maximum Gasteiger partial charge on any atom is 0.253 e. The summed E-state index contributed by atoms with van der Waals surface area (Å²) in [5, 5.41) is 3.03. The van der Waals surface area contributed by atoms with Crippen molar-refractivity contribution in [3.63, 3.8) is 0 Å². The van der Waals surface area contributed by atoms with Gasteiger partial charge in [0.05, 0.1) is 19.6 Å². The van der Waals surface area contributed by atoms with Gasteiger partial charge in [0.1, 0.15) is 11.5 Å². The molecule has 29 heavy (non-hydrogen) atoms. The molecule has 0 radical (unpaired) electrons. The van der Waals surface area contributed by atoms with E-state index in [-0.39, 0.29) is 11.8 Å². The third-order valence-corrected chi connectivity index (χ3v) is 5.46. The Hall–Kier alpha value is -3.02. The maximum atomic E-state index is 12.9. The monoisotopic (exact) mass is 396 g/mol. The first-order valence-electron chi connectivity index (χ1n) is 9.80. The minimum absolute atomic E-state index is 0.0347. The first kappa shape index (κ1) is 20.7. The van der Waals surface area contributed by atoms with Crippen molar-refractivity contribution >= 4 is 11.8 Å². The lowest BCUT2D eigenvalue weighted by Crippen LogP contribution is -2.51. The van der Waals surface area contributed by atoms with Crippen LogP contribution in [0.5, 0.6) is 11.5 Å². The van der Waals surface area contributed by atoms with Gasteiger partial charge < -0.3 is 19.7 Å². The van der Waals surface area contributed by atoms with E-state index in [1.165, 1.54) is 0 Å². The van der Waals surface area contributed by atoms with E-state index in [1.54, 1.807) is 43.4 Å². The predicted octanol–water partition coefficient (Wildman–Crippen LogP) is 3.26. The molecule has 6 nitrogen and oxygen atoms in total. The third kappa shape index (κ3) is 4.88. The number of carbonyl (C=O) groups excluding carboxylic acids is 2. The van der Waals surface area contributed by atoms with Gasteiger partial charge in [-0.2, -0.15) is 0 Å². The first-order chi connectivity index (χ1) is 13.9. The number of piperidine rings is 1. The SMILES string of the molecule is COc1ccc(C(=O)N2CCCC(C)(C(=O)NCc3cccc(OC)c3)C2)cc1. The Morgan fingerprint density at radius 3 is 2.48 bits per heavy atom. The summed E-state index contributed by atoms with van der Waals surface area (Å²) >= 11 is 0. The summed E-state index contributed by atoms with van der Waals surface area (Å²) in [5.74, 6) is 1.38. The van der Waals surface area contributed by atoms with Crippen molar-refractivity contribution in [3.8, 4) is 11.5 Å². The van der Waals surface area contributed by atoms with Crippen molar-refractivity contribution in [2.45, 2.75) is 26.3 Å². The highest BCUT2D eigenvalue weighted by atomic mass is 16.5. The molecule has 0 spiro atoms. The standard InChI is InChI=1S/C23H28N2O4/c1-23(22(27)24-15-17-6-4-7-20(14-17)29-3)12-5-13-25(16-23)21(26)18-8-10-19(28-2)11-9-18/h4,6-11,14H,5,12-13,15-16H2,1-3H3,(H,24,27). The number of methoxy groups -OCH3 is 2. The number of hydrogen-bond donors (Lipinski definition) is 1. The average Bonchev–Trinajstić information content (AvgIpc) is 2.77. The molecular formula is C23H28N2O4. The summed E-state index contributed by atoms with van der Waals surface area (Å²) in [6.07, 6.45) is 1.55. The van der Waals surface area contributed by atoms with Crippen LogP contribution in [-0.4, -0.2) is 44.0 Å². The zero-order valence-corrected chi connectivity index (χ0v) is 17.2. The zero-order chi connectivity index (χ0) is 20.9. The molecule has 2 aromatic carbocycles. The van der Waals surface area contributed by atoms with Gasteiger partial charge in [-0.3, -0.25) is 9.59 Å². The molecule has 154 valence electrons. The van der Waals surface area contributed by atoms with E-state index in [9.17, 15) is 9.59 Å². The molecule has 0 bridgehead atoms. The lowest BCUT2D eigenvalue weighted by Gasteiger charge is -2.39. The molecule has 1 aliphatic rings. The summed E-state index contributed by atoms with van der Waals surface area (Å²) in [6.45, 7) is 3.42. The molecule has 1 aliphatic heterocycles. The van der Waals surface area contributed by atoms with Gasteiger partial charge in [-0.05, 0) is 61.7 Å². The molecule has 6 heteroatoms. The molecule has 1 heterocycles. The van der Waals surface area contributed by atoms with Gasteiger partial charge in [0.15, 0.2) is 0 Å². The minimum Gasteiger partial charge on any atom is -0.497 e. The van der Waals surface area contributed by atoms with Crippen LogP contribution in [0, 0.1) is 5.41 Å². The molecule has 0 aliphatic carbocycles. The van der Waals surface area contributed by atoms with Gasteiger partial charge in [0, 0.05) is 25.2 Å². The van der Waals surface area contributed by atoms with Crippen LogP contribution in [0.4, 0.5) is 0 Å². The lowest BCUT2D eigenvalue weighted by molar-refractivity contribution is -0.132. The number of ether oxygens (including phenoxy) is 2. The van der Waals surface area contributed by atoms with Crippen molar-refractivity contribution in [1.82, 2.24) is 10.2 Å². The van der Waals surface area contributed by atoms with Crippen LogP contribution in [0.25, 0.3) is 0 Å². The quantitative estimate of drug-likeness (QED) is 0.814. The van der Waals surface area contributed by atoms with Crippen LogP contribution >= 0.6 is 0 Å². The van der Waals surface area contributed by atoms with E-state index >= 15 is 0 Å². The van der Waals surface area contributed by atoms with E-state index in [0.717, 1.165) is 24.2 Å². The molecular weight excluding hydrogens is 368 g/mol. The molecule has 1 atom stereocenters. The molecule has 1 saturated heterocycles. The molecule has 2 amide bonds. The Morgan fingerprint density at radius 1 is 1.07 bits per heavy atom. The van der Waals surface area contributed by atoms with Crippen LogP contribution in [0.15, 0.2) is 48.5 Å². The molecule has 0 saturated carbocycles. The number of likely N-dealkylation sites (tertiary alicyclic amines) is 1. The second kappa shape index (κ2) is 8.99. The van der Waals surface area contributed by atoms with Gasteiger partial charge >= 0.3 is 0 Å². The first-order valence-corrected chi connectivity index (χ1v) is 9.80. The van der Waals surface area contributed by atoms with Gasteiger partial charge in [-0.1, -0.05) is 12.1 Å². The Balaban J connectivity index is 1.63. The van der Waals surface area contributed by atoms with E-state index in [1.807, 2.05) is 31.2 Å². The number of nitrogens with one attached hydrogen (secondary N) is 1. The number of benzene rings is 2. The van der Waals surface area contributed by atoms with Crippen molar-refractivity contribution in [1.29, 1.82) is 0 Å². The van der Waals surface area contributed by atoms with Crippen molar-refractivity contribution in [3.05, 3.63) is 59.7 Å². The summed E-state index contributed by atoms with van der Waals surface area (Å²) in [4.78, 5) is 27.6. The largest absolute Gasteiger partial charge is 0.497 e. The van der Waals surface area contributed by atoms with E-state index in [2.05, 4.69) is 5.32 Å². The van der Waals surface area contributed by atoms with Crippen molar-refractivity contribution in [2.24, 2.45) is 5.41 Å². The van der Waals surface area contributed by atoms with Crippen LogP contribution in [0.2, 0.25) is 0 Å². The van der Waals surface area contributed by atoms with Crippen LogP contribution < -0.4 is 14.8 Å². The Labute approximate surface area is 171 Å². The van der Waals surface area contributed by atoms with Gasteiger partial charge in [0.2, 0.25) is 5.91 Å². The predicted molar refractivity (Wildman–Crippen MR) is 111 cm³/mol. The highest BCUT2D eigenvalue weighted by Crippen LogP contribution is 2.31. The van der Waals surface area contributed by atoms with Crippen molar-refractivity contribution in [2.75, 3.05) is 27.3 Å². The topological polar surface area (TPSA) is 67.9 Å². The van der Waals surface area contributed by atoms with E-state index in [4.69, 9.17) is 9.47 Å². The third-order valence-electron chi connectivity index (χ3n) is 5.46. The number of hydrogen-bond acceptors (Lipinski definition) is 4. The van der Waals surface area contributed by atoms with E-state index < -0.39 is 5.41 Å². The molecule has 2 aromatic rings. The second-order valence-electron chi connectivity index (χ2n) is 7.65. The van der Waals surface area contributed by atoms with Crippen LogP contribution in [0.3, 0.4) is 0 Å². The number of nitrogens with zero attached hydrogens (tertiary/aromatic N) is 1. The second-order valence-corrected chi connectivity index (χ2v) is 7.65. The molecule has 3 rings (SSSR count). The van der Waals surface area contributed by atoms with Gasteiger partial charge in [0.25, 0.3) is 5.91 Å². The Kier molecular flexibility index (Phi) is 6.42. The molecule has 1 N–H and O–H groups in total. The van der Waals surface area contributed by atoms with Crippen LogP contribution in [0.1, 0.15) is 35.7 Å². The summed E-state index contributed by atoms with van der Waals surface area (Å²) in [6, 6.07) is 14.7. The Morgan fingerprint density at radius 2 is 1.79 bits per heavy atom. The summed E-state index contributed by atoms with van der Waals surface area (Å²) in [7, 11) is 3.21. The highest BCUT2D eigenvalue weighted by molar-refractivity contribution is 5.95. The molecule has 1 fully saturated rings. The lowest BCUT2D eigenvalue weighted by atomic mass is 9.80. The highest BCUT2D eigenvalue weighted by Gasteiger charge is 2.39. The maximum absolute atomic E-state index is 12.9. The smallest absolute Gasteiger partial charge is 0.253 e. The average molecular weight is 396 g/mol. The van der Waals surface area contributed by atoms with Crippen LogP contribution in [-0.2, 0) is 11.3 Å². The Bertz CT molecular complexity index is 865. The molecule has 0 aromatic heterocycles. The van der Waals surface area contributed by atoms with E-state index in [0.29, 0.717) is 30.9 Å². The fourth-order valence-electron chi connectivity index (χ4n) is 3.69. The minimum atomic E-state index is -0.612. The fraction of sp³-hybridized carbons (Fsp3) is 0.391. The molecule has 1 unspecified atom stereocenters. The normalized spacial score (nSPS) is 18.8. The zero-order valence-electron chi connectivity index (χ0n) is 17.2. The van der Waals surface area contributed by atoms with Gasteiger partial charge in [-0.15, -0.1) is 0 Å². The summed E-state index contributed by atoms with van der Waals surface area (Å²) < 4.78 is 10.4. The number of amides is 2. The number of rotatable bonds is 6. The fourth-order valence-corrected chi connectivity index (χ4v) is 3.69. The summed E-state index contributed by atoms with van der Waals surface area (Å²) in [5.41, 5.74) is 0.967. The number of carbonyl (C=O) groups is 2. The van der Waals surface area contributed by atoms with Crippen molar-refractivity contribution < 1.29 is 19.1 Å². The van der Waals surface area contributed by atoms with Gasteiger partial charge in [-0.25, -0.2) is 0 Å².